The van der Waals surface area contributed by atoms with Gasteiger partial charge in [-0.1, -0.05) is 0 Å². The molecule has 1 aliphatic rings. The molecule has 48 valence electrons. The molecule has 0 spiro atoms. The van der Waals surface area contributed by atoms with Gasteiger partial charge in [0.1, 0.15) is 0 Å². The molecular weight excluding hydrogens is 114 g/mol. The second kappa shape index (κ2) is 1.76. The number of hydrogen-bond donors (Lipinski definition) is 2. The Bertz CT molecular complexity index is 176. The van der Waals surface area contributed by atoms with E-state index < -0.39 is 0 Å². The standard InChI is InChI=1S/C6H9N3/c1-2-5(1)9-6-3-7-8-4-6/h3-5,9H,1-2H2,(H,7,8). The van der Waals surface area contributed by atoms with Crippen LogP contribution >= 0.6 is 0 Å². The van der Waals surface area contributed by atoms with Crippen LogP contribution in [0.1, 0.15) is 12.8 Å². The Morgan fingerprint density at radius 2 is 2.56 bits per heavy atom. The van der Waals surface area contributed by atoms with Gasteiger partial charge in [-0.25, -0.2) is 0 Å². The van der Waals surface area contributed by atoms with Gasteiger partial charge in [-0.05, 0) is 12.8 Å². The van der Waals surface area contributed by atoms with Crippen LogP contribution in [0.5, 0.6) is 0 Å². The largest absolute Gasteiger partial charge is 0.380 e. The second-order valence-corrected chi connectivity index (χ2v) is 2.41. The fourth-order valence-corrected chi connectivity index (χ4v) is 0.793. The van der Waals surface area contributed by atoms with Crippen molar-refractivity contribution < 1.29 is 0 Å². The zero-order valence-electron chi connectivity index (χ0n) is 5.09. The van der Waals surface area contributed by atoms with Crippen molar-refractivity contribution >= 4 is 5.69 Å². The quantitative estimate of drug-likeness (QED) is 0.615. The van der Waals surface area contributed by atoms with Crippen LogP contribution in [0.15, 0.2) is 12.4 Å². The Morgan fingerprint density at radius 1 is 1.67 bits per heavy atom. The van der Waals surface area contributed by atoms with Gasteiger partial charge in [-0.15, -0.1) is 0 Å². The van der Waals surface area contributed by atoms with Crippen molar-refractivity contribution in [2.45, 2.75) is 18.9 Å². The summed E-state index contributed by atoms with van der Waals surface area (Å²) < 4.78 is 0. The van der Waals surface area contributed by atoms with Gasteiger partial charge < -0.3 is 5.32 Å². The summed E-state index contributed by atoms with van der Waals surface area (Å²) in [5.74, 6) is 0. The average molecular weight is 123 g/mol. The van der Waals surface area contributed by atoms with Crippen LogP contribution in [0.3, 0.4) is 0 Å². The van der Waals surface area contributed by atoms with Gasteiger partial charge in [-0.3, -0.25) is 5.10 Å². The predicted octanol–water partition coefficient (Wildman–Crippen LogP) is 0.984. The molecule has 1 heterocycles. The number of hydrogen-bond acceptors (Lipinski definition) is 2. The van der Waals surface area contributed by atoms with Crippen LogP contribution < -0.4 is 5.32 Å². The van der Waals surface area contributed by atoms with E-state index >= 15 is 0 Å². The summed E-state index contributed by atoms with van der Waals surface area (Å²) in [6.45, 7) is 0. The van der Waals surface area contributed by atoms with Gasteiger partial charge in [0.15, 0.2) is 0 Å². The first-order valence-electron chi connectivity index (χ1n) is 3.20. The fourth-order valence-electron chi connectivity index (χ4n) is 0.793. The summed E-state index contributed by atoms with van der Waals surface area (Å²) in [4.78, 5) is 0. The van der Waals surface area contributed by atoms with E-state index in [-0.39, 0.29) is 0 Å². The first-order valence-corrected chi connectivity index (χ1v) is 3.20. The molecule has 9 heavy (non-hydrogen) atoms. The van der Waals surface area contributed by atoms with Gasteiger partial charge in [0.25, 0.3) is 0 Å². The molecule has 0 aromatic carbocycles. The Balaban J connectivity index is 1.99. The van der Waals surface area contributed by atoms with E-state index in [9.17, 15) is 0 Å². The molecule has 1 aliphatic carbocycles. The van der Waals surface area contributed by atoms with Gasteiger partial charge in [-0.2, -0.15) is 5.10 Å². The molecular formula is C6H9N3. The Hall–Kier alpha value is -0.990. The molecule has 1 aromatic heterocycles. The average Bonchev–Trinajstić information content (AvgIpc) is 2.46. The minimum absolute atomic E-state index is 0.725. The van der Waals surface area contributed by atoms with Crippen molar-refractivity contribution in [3.63, 3.8) is 0 Å². The van der Waals surface area contributed by atoms with Crippen LogP contribution in [-0.2, 0) is 0 Å². The summed E-state index contributed by atoms with van der Waals surface area (Å²) >= 11 is 0. The summed E-state index contributed by atoms with van der Waals surface area (Å²) in [6, 6.07) is 0.725. The number of anilines is 1. The highest BCUT2D eigenvalue weighted by Crippen LogP contribution is 2.23. The van der Waals surface area contributed by atoms with Crippen molar-refractivity contribution in [1.82, 2.24) is 10.2 Å². The highest BCUT2D eigenvalue weighted by Gasteiger charge is 2.20. The Morgan fingerprint density at radius 3 is 3.11 bits per heavy atom. The Kier molecular flexibility index (Phi) is 0.946. The predicted molar refractivity (Wildman–Crippen MR) is 35.2 cm³/mol. The van der Waals surface area contributed by atoms with Crippen LogP contribution in [0.25, 0.3) is 0 Å². The second-order valence-electron chi connectivity index (χ2n) is 2.41. The maximum Gasteiger partial charge on any atom is 0.0725 e. The van der Waals surface area contributed by atoms with Crippen LogP contribution in [0, 0.1) is 0 Å². The van der Waals surface area contributed by atoms with Gasteiger partial charge in [0, 0.05) is 12.2 Å². The molecule has 0 saturated heterocycles. The number of H-pyrrole nitrogens is 1. The molecule has 1 fully saturated rings. The third-order valence-corrected chi connectivity index (χ3v) is 1.45. The molecule has 0 aliphatic heterocycles. The molecule has 3 nitrogen and oxygen atoms in total. The van der Waals surface area contributed by atoms with Crippen molar-refractivity contribution in [2.24, 2.45) is 0 Å². The smallest absolute Gasteiger partial charge is 0.0725 e. The molecule has 1 saturated carbocycles. The number of nitrogens with zero attached hydrogens (tertiary/aromatic N) is 1. The number of aromatic nitrogens is 2. The highest BCUT2D eigenvalue weighted by molar-refractivity contribution is 5.39. The first-order chi connectivity index (χ1) is 4.45. The fraction of sp³-hybridized carbons (Fsp3) is 0.500. The van der Waals surface area contributed by atoms with E-state index in [0.29, 0.717) is 0 Å². The van der Waals surface area contributed by atoms with Crippen molar-refractivity contribution in [1.29, 1.82) is 0 Å². The summed E-state index contributed by atoms with van der Waals surface area (Å²) in [5, 5.41) is 9.87. The van der Waals surface area contributed by atoms with Crippen LogP contribution in [0.4, 0.5) is 5.69 Å². The van der Waals surface area contributed by atoms with Crippen LogP contribution in [-0.4, -0.2) is 16.2 Å². The lowest BCUT2D eigenvalue weighted by Crippen LogP contribution is -1.98. The van der Waals surface area contributed by atoms with Crippen molar-refractivity contribution in [2.75, 3.05) is 5.32 Å². The van der Waals surface area contributed by atoms with E-state index in [1.165, 1.54) is 12.8 Å². The van der Waals surface area contributed by atoms with Crippen molar-refractivity contribution in [3.8, 4) is 0 Å². The molecule has 1 aromatic rings. The van der Waals surface area contributed by atoms with Crippen molar-refractivity contribution in [3.05, 3.63) is 12.4 Å². The minimum Gasteiger partial charge on any atom is -0.380 e. The minimum atomic E-state index is 0.725. The SMILES string of the molecule is c1n[nH]cc1NC1CC1. The number of aromatic amines is 1. The van der Waals surface area contributed by atoms with E-state index in [0.717, 1.165) is 11.7 Å². The molecule has 0 bridgehead atoms. The Labute approximate surface area is 53.5 Å². The van der Waals surface area contributed by atoms with Gasteiger partial charge in [0.2, 0.25) is 0 Å². The van der Waals surface area contributed by atoms with Gasteiger partial charge >= 0.3 is 0 Å². The normalized spacial score (nSPS) is 17.8. The molecule has 3 heteroatoms. The lowest BCUT2D eigenvalue weighted by Gasteiger charge is -1.95. The van der Waals surface area contributed by atoms with E-state index in [2.05, 4.69) is 15.5 Å². The lowest BCUT2D eigenvalue weighted by molar-refractivity contribution is 1.09. The van der Waals surface area contributed by atoms with Gasteiger partial charge in [0.05, 0.1) is 11.9 Å². The first kappa shape index (κ1) is 4.85. The summed E-state index contributed by atoms with van der Waals surface area (Å²) in [5.41, 5.74) is 1.11. The molecule has 0 unspecified atom stereocenters. The molecule has 0 radical (unpaired) electrons. The number of rotatable bonds is 2. The lowest BCUT2D eigenvalue weighted by atomic mass is 10.5. The van der Waals surface area contributed by atoms with E-state index in [1.807, 2.05) is 6.20 Å². The molecule has 2 N–H and O–H groups in total. The zero-order valence-corrected chi connectivity index (χ0v) is 5.09. The summed E-state index contributed by atoms with van der Waals surface area (Å²) in [7, 11) is 0. The molecule has 2 rings (SSSR count). The molecule has 0 atom stereocenters. The third kappa shape index (κ3) is 1.04. The zero-order chi connectivity index (χ0) is 6.10. The maximum atomic E-state index is 3.82. The summed E-state index contributed by atoms with van der Waals surface area (Å²) in [6.07, 6.45) is 6.30. The molecule has 0 amide bonds. The highest BCUT2D eigenvalue weighted by atomic mass is 15.1. The third-order valence-electron chi connectivity index (χ3n) is 1.45. The topological polar surface area (TPSA) is 40.7 Å². The number of nitrogens with one attached hydrogen (secondary N) is 2. The monoisotopic (exact) mass is 123 g/mol. The van der Waals surface area contributed by atoms with Crippen LogP contribution in [0.2, 0.25) is 0 Å². The van der Waals surface area contributed by atoms with E-state index in [4.69, 9.17) is 0 Å². The van der Waals surface area contributed by atoms with E-state index in [1.54, 1.807) is 6.20 Å². The maximum absolute atomic E-state index is 3.82.